The largest absolute Gasteiger partial charge is 0.466 e. The Balaban J connectivity index is 2.33. The maximum Gasteiger partial charge on any atom is 0.258 e. The Morgan fingerprint density at radius 2 is 2.17 bits per heavy atom. The topological polar surface area (TPSA) is 69.3 Å². The zero-order valence-electron chi connectivity index (χ0n) is 10.9. The summed E-state index contributed by atoms with van der Waals surface area (Å²) in [4.78, 5) is 14.1. The van der Waals surface area contributed by atoms with E-state index in [1.165, 1.54) is 0 Å². The van der Waals surface area contributed by atoms with Gasteiger partial charge >= 0.3 is 0 Å². The molecule has 18 heavy (non-hydrogen) atoms. The number of nitrogens with one attached hydrogen (secondary N) is 1. The number of nitrogens with zero attached hydrogens (tertiary/aromatic N) is 2. The van der Waals surface area contributed by atoms with Crippen LogP contribution in [0.5, 0.6) is 0 Å². The summed E-state index contributed by atoms with van der Waals surface area (Å²) in [7, 11) is 0. The molecular weight excluding hydrogens is 230 g/mol. The van der Waals surface area contributed by atoms with Crippen molar-refractivity contribution in [2.45, 2.75) is 26.8 Å². The van der Waals surface area contributed by atoms with Crippen molar-refractivity contribution < 1.29 is 9.21 Å². The first-order valence-electron chi connectivity index (χ1n) is 6.04. The maximum atomic E-state index is 12.5. The molecule has 1 N–H and O–H groups in total. The Bertz CT molecular complexity index is 513. The van der Waals surface area contributed by atoms with Crippen molar-refractivity contribution in [2.24, 2.45) is 0 Å². The normalized spacial score (nSPS) is 19.7. The fourth-order valence-corrected chi connectivity index (χ4v) is 2.31. The first-order valence-corrected chi connectivity index (χ1v) is 6.04. The molecule has 1 aromatic heterocycles. The molecule has 0 bridgehead atoms. The van der Waals surface area contributed by atoms with Crippen LogP contribution in [-0.4, -0.2) is 36.5 Å². The van der Waals surface area contributed by atoms with Crippen LogP contribution in [0.25, 0.3) is 0 Å². The van der Waals surface area contributed by atoms with Gasteiger partial charge in [-0.25, -0.2) is 0 Å². The molecule has 2 rings (SSSR count). The number of piperazine rings is 1. The van der Waals surface area contributed by atoms with Crippen LogP contribution >= 0.6 is 0 Å². The van der Waals surface area contributed by atoms with Gasteiger partial charge in [-0.05, 0) is 20.8 Å². The number of amides is 1. The lowest BCUT2D eigenvalue weighted by Gasteiger charge is -2.32. The summed E-state index contributed by atoms with van der Waals surface area (Å²) >= 11 is 0. The highest BCUT2D eigenvalue weighted by atomic mass is 16.3. The van der Waals surface area contributed by atoms with Crippen molar-refractivity contribution in [1.82, 2.24) is 10.2 Å². The second-order valence-electron chi connectivity index (χ2n) is 4.56. The molecule has 96 valence electrons. The van der Waals surface area contributed by atoms with Crippen molar-refractivity contribution in [2.75, 3.05) is 19.6 Å². The van der Waals surface area contributed by atoms with Gasteiger partial charge < -0.3 is 14.6 Å². The number of furan rings is 1. The van der Waals surface area contributed by atoms with E-state index in [0.717, 1.165) is 17.9 Å². The summed E-state index contributed by atoms with van der Waals surface area (Å²) in [5.74, 6) is 1.29. The summed E-state index contributed by atoms with van der Waals surface area (Å²) < 4.78 is 5.48. The Morgan fingerprint density at radius 3 is 2.72 bits per heavy atom. The minimum Gasteiger partial charge on any atom is -0.466 e. The lowest BCUT2D eigenvalue weighted by atomic mass is 10.1. The van der Waals surface area contributed by atoms with Gasteiger partial charge in [-0.1, -0.05) is 0 Å². The minimum atomic E-state index is -0.403. The van der Waals surface area contributed by atoms with Gasteiger partial charge in [0.1, 0.15) is 17.6 Å². The van der Waals surface area contributed by atoms with E-state index in [1.807, 2.05) is 13.8 Å². The summed E-state index contributed by atoms with van der Waals surface area (Å²) in [6, 6.07) is 1.76. The Labute approximate surface area is 106 Å². The van der Waals surface area contributed by atoms with E-state index in [1.54, 1.807) is 11.8 Å². The van der Waals surface area contributed by atoms with Gasteiger partial charge in [0, 0.05) is 25.2 Å². The second-order valence-corrected chi connectivity index (χ2v) is 4.56. The average Bonchev–Trinajstić information content (AvgIpc) is 2.62. The smallest absolute Gasteiger partial charge is 0.258 e. The molecule has 1 aromatic rings. The third-order valence-electron chi connectivity index (χ3n) is 3.43. The van der Waals surface area contributed by atoms with Crippen LogP contribution in [0.15, 0.2) is 4.42 Å². The van der Waals surface area contributed by atoms with E-state index in [-0.39, 0.29) is 5.91 Å². The average molecular weight is 247 g/mol. The molecule has 0 saturated carbocycles. The number of aryl methyl sites for hydroxylation is 2. The van der Waals surface area contributed by atoms with Gasteiger partial charge in [-0.15, -0.1) is 0 Å². The van der Waals surface area contributed by atoms with Gasteiger partial charge in [0.05, 0.1) is 11.6 Å². The third kappa shape index (κ3) is 2.00. The standard InChI is InChI=1S/C13H17N3O2/c1-8-9(2)18-10(3)12(8)13(17)16-5-4-15-7-11(16)6-14/h11,15H,4-5,7H2,1-3H3. The predicted octanol–water partition coefficient (Wildman–Crippen LogP) is 1.14. The molecular formula is C13H17N3O2. The van der Waals surface area contributed by atoms with Gasteiger partial charge in [-0.2, -0.15) is 5.26 Å². The third-order valence-corrected chi connectivity index (χ3v) is 3.43. The molecule has 0 aliphatic carbocycles. The lowest BCUT2D eigenvalue weighted by Crippen LogP contribution is -2.53. The Morgan fingerprint density at radius 1 is 1.44 bits per heavy atom. The number of carbonyl (C=O) groups excluding carboxylic acids is 1. The van der Waals surface area contributed by atoms with Crippen LogP contribution in [0.4, 0.5) is 0 Å². The van der Waals surface area contributed by atoms with Crippen LogP contribution in [0.1, 0.15) is 27.4 Å². The van der Waals surface area contributed by atoms with Crippen molar-refractivity contribution in [3.8, 4) is 6.07 Å². The van der Waals surface area contributed by atoms with Crippen LogP contribution in [0.3, 0.4) is 0 Å². The first kappa shape index (κ1) is 12.7. The highest BCUT2D eigenvalue weighted by molar-refractivity contribution is 5.97. The summed E-state index contributed by atoms with van der Waals surface area (Å²) in [5.41, 5.74) is 1.47. The summed E-state index contributed by atoms with van der Waals surface area (Å²) in [6.45, 7) is 7.31. The fourth-order valence-electron chi connectivity index (χ4n) is 2.31. The van der Waals surface area contributed by atoms with Crippen molar-refractivity contribution in [3.63, 3.8) is 0 Å². The molecule has 1 aliphatic rings. The van der Waals surface area contributed by atoms with E-state index in [9.17, 15) is 4.79 Å². The molecule has 1 amide bonds. The molecule has 1 atom stereocenters. The maximum absolute atomic E-state index is 12.5. The van der Waals surface area contributed by atoms with E-state index in [2.05, 4.69) is 11.4 Å². The van der Waals surface area contributed by atoms with Gasteiger partial charge in [0.25, 0.3) is 5.91 Å². The van der Waals surface area contributed by atoms with E-state index in [0.29, 0.717) is 24.4 Å². The second kappa shape index (κ2) is 4.83. The SMILES string of the molecule is Cc1oc(C)c(C(=O)N2CCNCC2C#N)c1C. The molecule has 1 fully saturated rings. The van der Waals surface area contributed by atoms with E-state index in [4.69, 9.17) is 9.68 Å². The van der Waals surface area contributed by atoms with Crippen molar-refractivity contribution in [3.05, 3.63) is 22.6 Å². The quantitative estimate of drug-likeness (QED) is 0.808. The highest BCUT2D eigenvalue weighted by Crippen LogP contribution is 2.23. The Kier molecular flexibility index (Phi) is 3.39. The molecule has 5 nitrogen and oxygen atoms in total. The van der Waals surface area contributed by atoms with Gasteiger partial charge in [0.2, 0.25) is 0 Å². The number of rotatable bonds is 1. The predicted molar refractivity (Wildman–Crippen MR) is 66.2 cm³/mol. The monoisotopic (exact) mass is 247 g/mol. The van der Waals surface area contributed by atoms with Crippen molar-refractivity contribution in [1.29, 1.82) is 5.26 Å². The summed E-state index contributed by atoms with van der Waals surface area (Å²) in [6.07, 6.45) is 0. The van der Waals surface area contributed by atoms with E-state index < -0.39 is 6.04 Å². The van der Waals surface area contributed by atoms with Crippen LogP contribution in [0, 0.1) is 32.1 Å². The molecule has 1 saturated heterocycles. The fraction of sp³-hybridized carbons (Fsp3) is 0.538. The molecule has 0 radical (unpaired) electrons. The van der Waals surface area contributed by atoms with Crippen molar-refractivity contribution >= 4 is 5.91 Å². The molecule has 1 aliphatic heterocycles. The number of carbonyl (C=O) groups is 1. The zero-order chi connectivity index (χ0) is 13.3. The molecule has 0 spiro atoms. The molecule has 1 unspecified atom stereocenters. The molecule has 5 heteroatoms. The molecule has 2 heterocycles. The lowest BCUT2D eigenvalue weighted by molar-refractivity contribution is 0.0684. The number of hydrogen-bond acceptors (Lipinski definition) is 4. The van der Waals surface area contributed by atoms with Gasteiger partial charge in [-0.3, -0.25) is 4.79 Å². The minimum absolute atomic E-state index is 0.102. The first-order chi connectivity index (χ1) is 8.56. The number of hydrogen-bond donors (Lipinski definition) is 1. The van der Waals surface area contributed by atoms with Crippen LogP contribution in [0.2, 0.25) is 0 Å². The van der Waals surface area contributed by atoms with Crippen LogP contribution < -0.4 is 5.32 Å². The number of nitriles is 1. The molecule has 0 aromatic carbocycles. The zero-order valence-corrected chi connectivity index (χ0v) is 10.9. The van der Waals surface area contributed by atoms with E-state index >= 15 is 0 Å². The highest BCUT2D eigenvalue weighted by Gasteiger charge is 2.30. The van der Waals surface area contributed by atoms with Crippen LogP contribution in [-0.2, 0) is 0 Å². The Hall–Kier alpha value is -1.80. The van der Waals surface area contributed by atoms with Gasteiger partial charge in [0.15, 0.2) is 0 Å². The summed E-state index contributed by atoms with van der Waals surface area (Å²) in [5, 5.41) is 12.2.